The van der Waals surface area contributed by atoms with Crippen LogP contribution in [0.4, 0.5) is 0 Å². The van der Waals surface area contributed by atoms with Crippen LogP contribution in [0.5, 0.6) is 5.75 Å². The van der Waals surface area contributed by atoms with Crippen LogP contribution < -0.4 is 10.1 Å². The lowest BCUT2D eigenvalue weighted by Crippen LogP contribution is -2.61. The van der Waals surface area contributed by atoms with E-state index in [4.69, 9.17) is 9.47 Å². The van der Waals surface area contributed by atoms with E-state index >= 15 is 0 Å². The van der Waals surface area contributed by atoms with E-state index in [1.54, 1.807) is 0 Å². The van der Waals surface area contributed by atoms with Gasteiger partial charge in [0.15, 0.2) is 0 Å². The van der Waals surface area contributed by atoms with Crippen molar-refractivity contribution in [1.29, 1.82) is 0 Å². The number of nitrogens with one attached hydrogen (secondary N) is 1. The molecule has 1 N–H and O–H groups in total. The Labute approximate surface area is 122 Å². The molecule has 0 aliphatic heterocycles. The number of benzene rings is 1. The van der Waals surface area contributed by atoms with Gasteiger partial charge in [-0.25, -0.2) is 0 Å². The van der Waals surface area contributed by atoms with E-state index < -0.39 is 0 Å². The molecule has 3 nitrogen and oxygen atoms in total. The fraction of sp³-hybridized carbons (Fsp3) is 0.647. The lowest BCUT2D eigenvalue weighted by atomic mass is 9.64. The standard InChI is InChI=1S/C17H27NO2/c1-5-19-16-12-15(17(16,3)4)18-9-10-20-14-8-6-7-13(2)11-14/h6-8,11,15-16,18H,5,9-10,12H2,1-4H3. The van der Waals surface area contributed by atoms with Crippen LogP contribution in [0.1, 0.15) is 32.8 Å². The van der Waals surface area contributed by atoms with Gasteiger partial charge in [-0.1, -0.05) is 26.0 Å². The highest BCUT2D eigenvalue weighted by Gasteiger charge is 2.48. The maximum atomic E-state index is 5.75. The molecule has 0 radical (unpaired) electrons. The molecular weight excluding hydrogens is 250 g/mol. The Morgan fingerprint density at radius 1 is 1.35 bits per heavy atom. The van der Waals surface area contributed by atoms with Crippen molar-refractivity contribution >= 4 is 0 Å². The summed E-state index contributed by atoms with van der Waals surface area (Å²) in [5, 5.41) is 3.58. The molecular formula is C17H27NO2. The van der Waals surface area contributed by atoms with Crippen molar-refractivity contribution in [2.45, 2.75) is 46.3 Å². The zero-order valence-corrected chi connectivity index (χ0v) is 13.1. The molecule has 2 atom stereocenters. The first kappa shape index (κ1) is 15.3. The second-order valence-electron chi connectivity index (χ2n) is 6.17. The summed E-state index contributed by atoms with van der Waals surface area (Å²) in [7, 11) is 0. The number of aryl methyl sites for hydroxylation is 1. The van der Waals surface area contributed by atoms with Crippen molar-refractivity contribution < 1.29 is 9.47 Å². The molecule has 2 unspecified atom stereocenters. The third-order valence-corrected chi connectivity index (χ3v) is 4.30. The first-order valence-corrected chi connectivity index (χ1v) is 7.58. The second-order valence-corrected chi connectivity index (χ2v) is 6.17. The van der Waals surface area contributed by atoms with Gasteiger partial charge < -0.3 is 14.8 Å². The second kappa shape index (κ2) is 6.59. The van der Waals surface area contributed by atoms with Gasteiger partial charge in [-0.05, 0) is 38.0 Å². The molecule has 0 amide bonds. The van der Waals surface area contributed by atoms with E-state index in [-0.39, 0.29) is 5.41 Å². The topological polar surface area (TPSA) is 30.5 Å². The molecule has 1 aliphatic carbocycles. The van der Waals surface area contributed by atoms with E-state index in [0.29, 0.717) is 18.8 Å². The average molecular weight is 277 g/mol. The van der Waals surface area contributed by atoms with Crippen LogP contribution in [0, 0.1) is 12.3 Å². The molecule has 1 aromatic rings. The monoisotopic (exact) mass is 277 g/mol. The minimum Gasteiger partial charge on any atom is -0.492 e. The molecule has 1 aromatic carbocycles. The molecule has 0 heterocycles. The largest absolute Gasteiger partial charge is 0.492 e. The van der Waals surface area contributed by atoms with Gasteiger partial charge in [-0.2, -0.15) is 0 Å². The van der Waals surface area contributed by atoms with E-state index in [9.17, 15) is 0 Å². The lowest BCUT2D eigenvalue weighted by Gasteiger charge is -2.51. The van der Waals surface area contributed by atoms with Crippen LogP contribution in [0.3, 0.4) is 0 Å². The molecule has 20 heavy (non-hydrogen) atoms. The predicted molar refractivity (Wildman–Crippen MR) is 82.3 cm³/mol. The van der Waals surface area contributed by atoms with Crippen LogP contribution in [-0.2, 0) is 4.74 Å². The highest BCUT2D eigenvalue weighted by molar-refractivity contribution is 5.27. The number of ether oxygens (including phenoxy) is 2. The van der Waals surface area contributed by atoms with E-state index in [2.05, 4.69) is 45.1 Å². The van der Waals surface area contributed by atoms with Gasteiger partial charge in [0, 0.05) is 24.6 Å². The molecule has 1 saturated carbocycles. The Bertz CT molecular complexity index is 431. The summed E-state index contributed by atoms with van der Waals surface area (Å²) < 4.78 is 11.5. The zero-order chi connectivity index (χ0) is 14.6. The van der Waals surface area contributed by atoms with Crippen LogP contribution in [0.2, 0.25) is 0 Å². The first-order chi connectivity index (χ1) is 9.54. The molecule has 1 fully saturated rings. The SMILES string of the molecule is CCOC1CC(NCCOc2cccc(C)c2)C1(C)C. The maximum absolute atomic E-state index is 5.75. The van der Waals surface area contributed by atoms with Crippen molar-refractivity contribution in [3.05, 3.63) is 29.8 Å². The summed E-state index contributed by atoms with van der Waals surface area (Å²) in [5.74, 6) is 0.951. The van der Waals surface area contributed by atoms with Gasteiger partial charge in [0.2, 0.25) is 0 Å². The molecule has 0 saturated heterocycles. The Balaban J connectivity index is 1.67. The molecule has 2 rings (SSSR count). The molecule has 0 spiro atoms. The van der Waals surface area contributed by atoms with Crippen molar-refractivity contribution in [2.75, 3.05) is 19.8 Å². The van der Waals surface area contributed by atoms with Gasteiger partial charge in [0.25, 0.3) is 0 Å². The summed E-state index contributed by atoms with van der Waals surface area (Å²) in [6.07, 6.45) is 1.49. The van der Waals surface area contributed by atoms with Crippen molar-refractivity contribution in [3.63, 3.8) is 0 Å². The van der Waals surface area contributed by atoms with Gasteiger partial charge >= 0.3 is 0 Å². The average Bonchev–Trinajstić information content (AvgIpc) is 2.41. The fourth-order valence-electron chi connectivity index (χ4n) is 2.82. The molecule has 0 bridgehead atoms. The minimum absolute atomic E-state index is 0.222. The molecule has 0 aromatic heterocycles. The third-order valence-electron chi connectivity index (χ3n) is 4.30. The van der Waals surface area contributed by atoms with Crippen molar-refractivity contribution in [1.82, 2.24) is 5.32 Å². The summed E-state index contributed by atoms with van der Waals surface area (Å²) in [4.78, 5) is 0. The summed E-state index contributed by atoms with van der Waals surface area (Å²) in [6, 6.07) is 8.71. The highest BCUT2D eigenvalue weighted by Crippen LogP contribution is 2.42. The smallest absolute Gasteiger partial charge is 0.119 e. The summed E-state index contributed by atoms with van der Waals surface area (Å²) in [5.41, 5.74) is 1.45. The van der Waals surface area contributed by atoms with Gasteiger partial charge in [0.1, 0.15) is 12.4 Å². The minimum atomic E-state index is 0.222. The van der Waals surface area contributed by atoms with Gasteiger partial charge in [-0.15, -0.1) is 0 Å². The Kier molecular flexibility index (Phi) is 5.06. The van der Waals surface area contributed by atoms with Gasteiger partial charge in [0.05, 0.1) is 6.10 Å². The Morgan fingerprint density at radius 2 is 2.15 bits per heavy atom. The Morgan fingerprint density at radius 3 is 2.80 bits per heavy atom. The fourth-order valence-corrected chi connectivity index (χ4v) is 2.82. The van der Waals surface area contributed by atoms with Gasteiger partial charge in [-0.3, -0.25) is 0 Å². The van der Waals surface area contributed by atoms with E-state index in [1.807, 2.05) is 12.1 Å². The summed E-state index contributed by atoms with van der Waals surface area (Å²) >= 11 is 0. The van der Waals surface area contributed by atoms with Crippen molar-refractivity contribution in [3.8, 4) is 5.75 Å². The molecule has 1 aliphatic rings. The lowest BCUT2D eigenvalue weighted by molar-refractivity contribution is -0.114. The van der Waals surface area contributed by atoms with Crippen molar-refractivity contribution in [2.24, 2.45) is 5.41 Å². The van der Waals surface area contributed by atoms with E-state index in [0.717, 1.165) is 25.3 Å². The normalized spacial score (nSPS) is 24.2. The molecule has 112 valence electrons. The number of hydrogen-bond acceptors (Lipinski definition) is 3. The van der Waals surface area contributed by atoms with E-state index in [1.165, 1.54) is 5.56 Å². The summed E-state index contributed by atoms with van der Waals surface area (Å²) in [6.45, 7) is 11.1. The molecule has 3 heteroatoms. The highest BCUT2D eigenvalue weighted by atomic mass is 16.5. The quantitative estimate of drug-likeness (QED) is 0.777. The Hall–Kier alpha value is -1.06. The van der Waals surface area contributed by atoms with Crippen LogP contribution in [0.25, 0.3) is 0 Å². The predicted octanol–water partition coefficient (Wildman–Crippen LogP) is 3.17. The maximum Gasteiger partial charge on any atom is 0.119 e. The first-order valence-electron chi connectivity index (χ1n) is 7.58. The number of rotatable bonds is 7. The van der Waals surface area contributed by atoms with Crippen LogP contribution in [-0.4, -0.2) is 31.9 Å². The third kappa shape index (κ3) is 3.53. The zero-order valence-electron chi connectivity index (χ0n) is 13.1. The number of hydrogen-bond donors (Lipinski definition) is 1. The van der Waals surface area contributed by atoms with Crippen LogP contribution >= 0.6 is 0 Å². The van der Waals surface area contributed by atoms with Crippen LogP contribution in [0.15, 0.2) is 24.3 Å².